The van der Waals surface area contributed by atoms with Gasteiger partial charge in [0.05, 0.1) is 6.10 Å². The Hall–Kier alpha value is -1.35. The van der Waals surface area contributed by atoms with Crippen LogP contribution in [0, 0.1) is 5.92 Å². The second-order valence-corrected chi connectivity index (χ2v) is 4.74. The Morgan fingerprint density at radius 1 is 1.29 bits per heavy atom. The Labute approximate surface area is 102 Å². The lowest BCUT2D eigenvalue weighted by Gasteiger charge is -2.17. The molecule has 0 fully saturated rings. The number of aliphatic carboxylic acids is 1. The summed E-state index contributed by atoms with van der Waals surface area (Å²) >= 11 is 0. The third-order valence-electron chi connectivity index (χ3n) is 2.72. The SMILES string of the molecule is CC(C)CC(O)c1ccccc1CCC(=O)O. The zero-order valence-electron chi connectivity index (χ0n) is 10.4. The molecule has 1 atom stereocenters. The minimum atomic E-state index is -0.807. The van der Waals surface area contributed by atoms with Crippen LogP contribution < -0.4 is 0 Å². The zero-order valence-corrected chi connectivity index (χ0v) is 10.4. The van der Waals surface area contributed by atoms with Gasteiger partial charge in [-0.2, -0.15) is 0 Å². The van der Waals surface area contributed by atoms with E-state index in [0.717, 1.165) is 11.1 Å². The van der Waals surface area contributed by atoms with Crippen molar-refractivity contribution in [2.75, 3.05) is 0 Å². The van der Waals surface area contributed by atoms with E-state index in [-0.39, 0.29) is 6.42 Å². The molecule has 0 aliphatic rings. The maximum absolute atomic E-state index is 10.6. The number of hydrogen-bond acceptors (Lipinski definition) is 2. The summed E-state index contributed by atoms with van der Waals surface area (Å²) in [6.45, 7) is 4.12. The summed E-state index contributed by atoms with van der Waals surface area (Å²) in [7, 11) is 0. The standard InChI is InChI=1S/C14H20O3/c1-10(2)9-13(15)12-6-4-3-5-11(12)7-8-14(16)17/h3-6,10,13,15H,7-9H2,1-2H3,(H,16,17). The lowest BCUT2D eigenvalue weighted by atomic mass is 9.94. The van der Waals surface area contributed by atoms with Crippen LogP contribution in [0.3, 0.4) is 0 Å². The van der Waals surface area contributed by atoms with Crippen LogP contribution in [-0.4, -0.2) is 16.2 Å². The molecule has 0 heterocycles. The summed E-state index contributed by atoms with van der Waals surface area (Å²) < 4.78 is 0. The number of carbonyl (C=O) groups is 1. The molecule has 0 spiro atoms. The number of rotatable bonds is 6. The summed E-state index contributed by atoms with van der Waals surface area (Å²) in [6, 6.07) is 7.53. The van der Waals surface area contributed by atoms with Gasteiger partial charge in [0, 0.05) is 6.42 Å². The number of aliphatic hydroxyl groups excluding tert-OH is 1. The normalized spacial score (nSPS) is 12.7. The minimum absolute atomic E-state index is 0.103. The van der Waals surface area contributed by atoms with Crippen molar-refractivity contribution < 1.29 is 15.0 Å². The highest BCUT2D eigenvalue weighted by Crippen LogP contribution is 2.24. The first kappa shape index (κ1) is 13.7. The third kappa shape index (κ3) is 4.57. The first-order valence-corrected chi connectivity index (χ1v) is 5.98. The lowest BCUT2D eigenvalue weighted by Crippen LogP contribution is -2.07. The van der Waals surface area contributed by atoms with Gasteiger partial charge in [-0.3, -0.25) is 4.79 Å². The van der Waals surface area contributed by atoms with Crippen LogP contribution in [-0.2, 0) is 11.2 Å². The first-order chi connectivity index (χ1) is 8.00. The summed E-state index contributed by atoms with van der Waals surface area (Å²) in [5.74, 6) is -0.393. The van der Waals surface area contributed by atoms with Crippen LogP contribution in [0.5, 0.6) is 0 Å². The molecule has 2 N–H and O–H groups in total. The van der Waals surface area contributed by atoms with E-state index in [9.17, 15) is 9.90 Å². The Morgan fingerprint density at radius 3 is 2.53 bits per heavy atom. The highest BCUT2D eigenvalue weighted by atomic mass is 16.4. The molecule has 0 aromatic heterocycles. The van der Waals surface area contributed by atoms with Crippen molar-refractivity contribution in [3.05, 3.63) is 35.4 Å². The minimum Gasteiger partial charge on any atom is -0.481 e. The molecular formula is C14H20O3. The van der Waals surface area contributed by atoms with E-state index in [1.54, 1.807) is 0 Å². The smallest absolute Gasteiger partial charge is 0.303 e. The van der Waals surface area contributed by atoms with Crippen LogP contribution in [0.4, 0.5) is 0 Å². The molecule has 0 bridgehead atoms. The van der Waals surface area contributed by atoms with Crippen molar-refractivity contribution in [3.63, 3.8) is 0 Å². The fraction of sp³-hybridized carbons (Fsp3) is 0.500. The number of carboxylic acid groups (broad SMARTS) is 1. The van der Waals surface area contributed by atoms with Crippen molar-refractivity contribution in [2.24, 2.45) is 5.92 Å². The van der Waals surface area contributed by atoms with Crippen molar-refractivity contribution >= 4 is 5.97 Å². The van der Waals surface area contributed by atoms with Crippen LogP contribution in [0.15, 0.2) is 24.3 Å². The van der Waals surface area contributed by atoms with E-state index >= 15 is 0 Å². The summed E-state index contributed by atoms with van der Waals surface area (Å²) in [6.07, 6.45) is 0.774. The molecule has 0 aliphatic heterocycles. The third-order valence-corrected chi connectivity index (χ3v) is 2.72. The first-order valence-electron chi connectivity index (χ1n) is 5.98. The topological polar surface area (TPSA) is 57.5 Å². The van der Waals surface area contributed by atoms with Crippen molar-refractivity contribution in [1.82, 2.24) is 0 Å². The second kappa shape index (κ2) is 6.40. The number of hydrogen-bond donors (Lipinski definition) is 2. The van der Waals surface area contributed by atoms with Gasteiger partial charge in [-0.25, -0.2) is 0 Å². The maximum atomic E-state index is 10.6. The fourth-order valence-corrected chi connectivity index (χ4v) is 1.90. The average molecular weight is 236 g/mol. The molecule has 0 saturated heterocycles. The lowest BCUT2D eigenvalue weighted by molar-refractivity contribution is -0.136. The summed E-state index contributed by atoms with van der Waals surface area (Å²) in [5, 5.41) is 18.8. The Balaban J connectivity index is 2.79. The Bertz CT molecular complexity index is 371. The predicted molar refractivity (Wildman–Crippen MR) is 66.8 cm³/mol. The molecule has 0 aliphatic carbocycles. The fourth-order valence-electron chi connectivity index (χ4n) is 1.90. The van der Waals surface area contributed by atoms with Gasteiger partial charge in [0.25, 0.3) is 0 Å². The average Bonchev–Trinajstić information content (AvgIpc) is 2.25. The van der Waals surface area contributed by atoms with Gasteiger partial charge in [-0.05, 0) is 29.9 Å². The molecule has 1 rings (SSSR count). The van der Waals surface area contributed by atoms with Crippen LogP contribution >= 0.6 is 0 Å². The van der Waals surface area contributed by atoms with Gasteiger partial charge in [0.1, 0.15) is 0 Å². The van der Waals surface area contributed by atoms with Gasteiger partial charge in [-0.1, -0.05) is 38.1 Å². The predicted octanol–water partition coefficient (Wildman–Crippen LogP) is 2.78. The number of carboxylic acids is 1. The van der Waals surface area contributed by atoms with Crippen molar-refractivity contribution in [1.29, 1.82) is 0 Å². The number of aryl methyl sites for hydroxylation is 1. The van der Waals surface area contributed by atoms with Crippen molar-refractivity contribution in [3.8, 4) is 0 Å². The molecule has 3 heteroatoms. The van der Waals surface area contributed by atoms with Gasteiger partial charge in [-0.15, -0.1) is 0 Å². The van der Waals surface area contributed by atoms with E-state index in [1.165, 1.54) is 0 Å². The molecule has 1 unspecified atom stereocenters. The maximum Gasteiger partial charge on any atom is 0.303 e. The quantitative estimate of drug-likeness (QED) is 0.798. The largest absolute Gasteiger partial charge is 0.481 e. The van der Waals surface area contributed by atoms with E-state index in [4.69, 9.17) is 5.11 Å². The van der Waals surface area contributed by atoms with E-state index in [1.807, 2.05) is 24.3 Å². The van der Waals surface area contributed by atoms with Crippen molar-refractivity contribution in [2.45, 2.75) is 39.2 Å². The summed E-state index contributed by atoms with van der Waals surface area (Å²) in [5.41, 5.74) is 1.80. The second-order valence-electron chi connectivity index (χ2n) is 4.74. The van der Waals surface area contributed by atoms with E-state index in [0.29, 0.717) is 18.8 Å². The highest BCUT2D eigenvalue weighted by Gasteiger charge is 2.13. The molecule has 0 radical (unpaired) electrons. The molecule has 94 valence electrons. The Morgan fingerprint density at radius 2 is 1.94 bits per heavy atom. The molecule has 0 saturated carbocycles. The van der Waals surface area contributed by atoms with Gasteiger partial charge < -0.3 is 10.2 Å². The number of benzene rings is 1. The van der Waals surface area contributed by atoms with Crippen LogP contribution in [0.1, 0.15) is 43.9 Å². The highest BCUT2D eigenvalue weighted by molar-refractivity contribution is 5.67. The number of aliphatic hydroxyl groups is 1. The molecular weight excluding hydrogens is 216 g/mol. The molecule has 3 nitrogen and oxygen atoms in total. The summed E-state index contributed by atoms with van der Waals surface area (Å²) in [4.78, 5) is 10.6. The molecule has 0 amide bonds. The monoisotopic (exact) mass is 236 g/mol. The molecule has 1 aromatic carbocycles. The van der Waals surface area contributed by atoms with Crippen LogP contribution in [0.2, 0.25) is 0 Å². The van der Waals surface area contributed by atoms with Gasteiger partial charge in [0.15, 0.2) is 0 Å². The molecule has 17 heavy (non-hydrogen) atoms. The van der Waals surface area contributed by atoms with Crippen LogP contribution in [0.25, 0.3) is 0 Å². The van der Waals surface area contributed by atoms with Gasteiger partial charge >= 0.3 is 5.97 Å². The van der Waals surface area contributed by atoms with Gasteiger partial charge in [0.2, 0.25) is 0 Å². The Kier molecular flexibility index (Phi) is 5.16. The zero-order chi connectivity index (χ0) is 12.8. The van der Waals surface area contributed by atoms with E-state index in [2.05, 4.69) is 13.8 Å². The molecule has 1 aromatic rings. The van der Waals surface area contributed by atoms with E-state index < -0.39 is 12.1 Å².